The highest BCUT2D eigenvalue weighted by atomic mass is 19.1. The normalized spacial score (nSPS) is 10.9. The molecule has 0 radical (unpaired) electrons. The van der Waals surface area contributed by atoms with Crippen molar-refractivity contribution in [2.45, 2.75) is 0 Å². The van der Waals surface area contributed by atoms with Gasteiger partial charge in [0.25, 0.3) is 5.69 Å². The van der Waals surface area contributed by atoms with Gasteiger partial charge in [-0.25, -0.2) is 4.39 Å². The van der Waals surface area contributed by atoms with E-state index in [4.69, 9.17) is 4.74 Å². The Kier molecular flexibility index (Phi) is 4.49. The van der Waals surface area contributed by atoms with E-state index in [1.54, 1.807) is 6.07 Å². The molecule has 0 spiro atoms. The number of benzene rings is 2. The molecular formula is C16H11FN2O3. The van der Waals surface area contributed by atoms with Gasteiger partial charge in [0.05, 0.1) is 23.7 Å². The molecule has 0 aliphatic rings. The van der Waals surface area contributed by atoms with Gasteiger partial charge in [-0.3, -0.25) is 10.1 Å². The smallest absolute Gasteiger partial charge is 0.270 e. The molecule has 2 aromatic carbocycles. The van der Waals surface area contributed by atoms with E-state index in [0.717, 1.165) is 0 Å². The van der Waals surface area contributed by atoms with Crippen molar-refractivity contribution in [2.24, 2.45) is 0 Å². The molecule has 0 N–H and O–H groups in total. The number of nitrogens with zero attached hydrogens (tertiary/aromatic N) is 2. The molecule has 22 heavy (non-hydrogen) atoms. The Morgan fingerprint density at radius 3 is 2.73 bits per heavy atom. The third-order valence-electron chi connectivity index (χ3n) is 2.98. The summed E-state index contributed by atoms with van der Waals surface area (Å²) in [5.74, 6) is -0.0839. The first-order chi connectivity index (χ1) is 10.5. The zero-order chi connectivity index (χ0) is 16.1. The summed E-state index contributed by atoms with van der Waals surface area (Å²) in [5, 5.41) is 20.1. The van der Waals surface area contributed by atoms with Gasteiger partial charge in [-0.15, -0.1) is 0 Å². The van der Waals surface area contributed by atoms with Crippen LogP contribution in [0.1, 0.15) is 11.1 Å². The number of nitro benzene ring substituents is 1. The fourth-order valence-electron chi connectivity index (χ4n) is 1.94. The van der Waals surface area contributed by atoms with Gasteiger partial charge in [0.1, 0.15) is 11.6 Å². The van der Waals surface area contributed by atoms with Crippen LogP contribution in [0.25, 0.3) is 11.6 Å². The molecule has 0 fully saturated rings. The number of methoxy groups -OCH3 is 1. The number of nitriles is 1. The predicted octanol–water partition coefficient (Wildman–Crippen LogP) is 3.81. The maximum absolute atomic E-state index is 13.3. The van der Waals surface area contributed by atoms with Gasteiger partial charge in [-0.1, -0.05) is 12.1 Å². The molecule has 0 unspecified atom stereocenters. The van der Waals surface area contributed by atoms with E-state index in [9.17, 15) is 19.8 Å². The summed E-state index contributed by atoms with van der Waals surface area (Å²) in [5.41, 5.74) is 0.815. The predicted molar refractivity (Wildman–Crippen MR) is 79.5 cm³/mol. The monoisotopic (exact) mass is 298 g/mol. The largest absolute Gasteiger partial charge is 0.496 e. The summed E-state index contributed by atoms with van der Waals surface area (Å²) < 4.78 is 18.4. The fourth-order valence-corrected chi connectivity index (χ4v) is 1.94. The second-order valence-electron chi connectivity index (χ2n) is 4.36. The second kappa shape index (κ2) is 6.50. The zero-order valence-corrected chi connectivity index (χ0v) is 11.6. The highest BCUT2D eigenvalue weighted by molar-refractivity contribution is 5.90. The summed E-state index contributed by atoms with van der Waals surface area (Å²) in [7, 11) is 1.42. The molecule has 0 heterocycles. The topological polar surface area (TPSA) is 76.2 Å². The van der Waals surface area contributed by atoms with Crippen LogP contribution in [0, 0.1) is 27.3 Å². The summed E-state index contributed by atoms with van der Waals surface area (Å²) in [4.78, 5) is 10.3. The van der Waals surface area contributed by atoms with Crippen LogP contribution >= 0.6 is 0 Å². The number of nitro groups is 1. The van der Waals surface area contributed by atoms with Crippen LogP contribution in [0.2, 0.25) is 0 Å². The number of allylic oxidation sites excluding steroid dienone is 1. The minimum absolute atomic E-state index is 0.122. The Labute approximate surface area is 126 Å². The van der Waals surface area contributed by atoms with Gasteiger partial charge < -0.3 is 4.74 Å². The second-order valence-corrected chi connectivity index (χ2v) is 4.36. The summed E-state index contributed by atoms with van der Waals surface area (Å²) in [6.07, 6.45) is 1.43. The van der Waals surface area contributed by atoms with Crippen LogP contribution < -0.4 is 4.74 Å². The molecule has 0 saturated carbocycles. The Morgan fingerprint density at radius 1 is 1.36 bits per heavy atom. The van der Waals surface area contributed by atoms with E-state index in [0.29, 0.717) is 16.9 Å². The average molecular weight is 298 g/mol. The van der Waals surface area contributed by atoms with Gasteiger partial charge in [0.15, 0.2) is 0 Å². The van der Waals surface area contributed by atoms with Crippen molar-refractivity contribution in [3.63, 3.8) is 0 Å². The van der Waals surface area contributed by atoms with E-state index < -0.39 is 10.7 Å². The molecule has 0 bridgehead atoms. The van der Waals surface area contributed by atoms with E-state index in [1.165, 1.54) is 49.6 Å². The van der Waals surface area contributed by atoms with Crippen molar-refractivity contribution in [3.8, 4) is 11.8 Å². The standard InChI is InChI=1S/C16H11FN2O3/c1-22-16-6-5-15(19(20)21)9-12(16)7-13(10-18)11-3-2-4-14(17)8-11/h2-9H,1H3/b13-7-. The molecule has 0 atom stereocenters. The van der Waals surface area contributed by atoms with E-state index in [-0.39, 0.29) is 11.3 Å². The number of hydrogen-bond donors (Lipinski definition) is 0. The molecule has 6 heteroatoms. The molecular weight excluding hydrogens is 287 g/mol. The number of ether oxygens (including phenoxy) is 1. The van der Waals surface area contributed by atoms with Crippen molar-refractivity contribution in [2.75, 3.05) is 7.11 Å². The van der Waals surface area contributed by atoms with E-state index in [1.807, 2.05) is 6.07 Å². The Bertz CT molecular complexity index is 794. The van der Waals surface area contributed by atoms with Crippen LogP contribution in [0.15, 0.2) is 42.5 Å². The van der Waals surface area contributed by atoms with Crippen LogP contribution in [0.3, 0.4) is 0 Å². The fraction of sp³-hybridized carbons (Fsp3) is 0.0625. The Balaban J connectivity index is 2.56. The lowest BCUT2D eigenvalue weighted by molar-refractivity contribution is -0.384. The van der Waals surface area contributed by atoms with Crippen LogP contribution in [-0.4, -0.2) is 12.0 Å². The van der Waals surface area contributed by atoms with Crippen LogP contribution in [0.4, 0.5) is 10.1 Å². The van der Waals surface area contributed by atoms with Crippen molar-refractivity contribution in [3.05, 3.63) is 69.5 Å². The van der Waals surface area contributed by atoms with Gasteiger partial charge in [0.2, 0.25) is 0 Å². The number of non-ortho nitro benzene ring substituents is 1. The summed E-state index contributed by atoms with van der Waals surface area (Å²) in [6.45, 7) is 0. The minimum Gasteiger partial charge on any atom is -0.496 e. The maximum Gasteiger partial charge on any atom is 0.270 e. The molecule has 2 aromatic rings. The molecule has 2 rings (SSSR count). The minimum atomic E-state index is -0.537. The average Bonchev–Trinajstić information content (AvgIpc) is 2.52. The van der Waals surface area contributed by atoms with Gasteiger partial charge in [0, 0.05) is 17.7 Å². The molecule has 110 valence electrons. The molecule has 0 aliphatic carbocycles. The Morgan fingerprint density at radius 2 is 2.14 bits per heavy atom. The zero-order valence-electron chi connectivity index (χ0n) is 11.6. The third-order valence-corrected chi connectivity index (χ3v) is 2.98. The van der Waals surface area contributed by atoms with Gasteiger partial charge in [-0.05, 0) is 29.8 Å². The summed E-state index contributed by atoms with van der Waals surface area (Å²) >= 11 is 0. The van der Waals surface area contributed by atoms with Crippen molar-refractivity contribution < 1.29 is 14.1 Å². The molecule has 0 amide bonds. The third kappa shape index (κ3) is 3.27. The quantitative estimate of drug-likeness (QED) is 0.372. The molecule has 0 aliphatic heterocycles. The lowest BCUT2D eigenvalue weighted by Gasteiger charge is -2.06. The Hall–Kier alpha value is -3.20. The van der Waals surface area contributed by atoms with Crippen LogP contribution in [0.5, 0.6) is 5.75 Å². The van der Waals surface area contributed by atoms with Crippen molar-refractivity contribution in [1.82, 2.24) is 0 Å². The number of rotatable bonds is 4. The maximum atomic E-state index is 13.3. The SMILES string of the molecule is COc1ccc([N+](=O)[O-])cc1/C=C(/C#N)c1cccc(F)c1. The first kappa shape index (κ1) is 15.2. The highest BCUT2D eigenvalue weighted by Gasteiger charge is 2.11. The van der Waals surface area contributed by atoms with Crippen LogP contribution in [-0.2, 0) is 0 Å². The lowest BCUT2D eigenvalue weighted by Crippen LogP contribution is -1.92. The molecule has 5 nitrogen and oxygen atoms in total. The first-order valence-corrected chi connectivity index (χ1v) is 6.25. The highest BCUT2D eigenvalue weighted by Crippen LogP contribution is 2.28. The van der Waals surface area contributed by atoms with E-state index in [2.05, 4.69) is 0 Å². The molecule has 0 aromatic heterocycles. The van der Waals surface area contributed by atoms with Crippen molar-refractivity contribution in [1.29, 1.82) is 5.26 Å². The molecule has 0 saturated heterocycles. The summed E-state index contributed by atoms with van der Waals surface area (Å²) in [6, 6.07) is 11.6. The van der Waals surface area contributed by atoms with Gasteiger partial charge in [-0.2, -0.15) is 5.26 Å². The first-order valence-electron chi connectivity index (χ1n) is 6.25. The number of hydrogen-bond acceptors (Lipinski definition) is 4. The van der Waals surface area contributed by atoms with E-state index >= 15 is 0 Å². The lowest BCUT2D eigenvalue weighted by atomic mass is 10.0. The van der Waals surface area contributed by atoms with Gasteiger partial charge >= 0.3 is 0 Å². The van der Waals surface area contributed by atoms with Crippen molar-refractivity contribution >= 4 is 17.3 Å². The number of halogens is 1.